The third-order valence-corrected chi connectivity index (χ3v) is 4.10. The Morgan fingerprint density at radius 3 is 2.47 bits per heavy atom. The van der Waals surface area contributed by atoms with Crippen LogP contribution in [-0.2, 0) is 6.18 Å². The van der Waals surface area contributed by atoms with Gasteiger partial charge in [0.25, 0.3) is 5.91 Å². The number of amides is 1. The first-order chi connectivity index (χ1) is 8.77. The molecule has 7 heteroatoms. The van der Waals surface area contributed by atoms with E-state index in [1.165, 1.54) is 0 Å². The molecule has 1 fully saturated rings. The van der Waals surface area contributed by atoms with Gasteiger partial charge in [-0.25, -0.2) is 4.39 Å². The number of alkyl halides is 4. The number of nitrogens with one attached hydrogen (secondary N) is 1. The number of carbonyl (C=O) groups excluding carboxylic acids is 1. The maximum Gasteiger partial charge on any atom is 0.416 e. The van der Waals surface area contributed by atoms with E-state index in [1.807, 2.05) is 0 Å². The number of rotatable bonds is 3. The van der Waals surface area contributed by atoms with Gasteiger partial charge in [0.1, 0.15) is 5.82 Å². The second-order valence-electron chi connectivity index (χ2n) is 4.56. The van der Waals surface area contributed by atoms with Crippen molar-refractivity contribution < 1.29 is 22.4 Å². The highest BCUT2D eigenvalue weighted by Crippen LogP contribution is 2.37. The van der Waals surface area contributed by atoms with Crippen molar-refractivity contribution in [1.29, 1.82) is 0 Å². The van der Waals surface area contributed by atoms with E-state index in [-0.39, 0.29) is 0 Å². The molecule has 19 heavy (non-hydrogen) atoms. The summed E-state index contributed by atoms with van der Waals surface area (Å²) in [5, 5.41) is 3.05. The zero-order valence-corrected chi connectivity index (χ0v) is 11.2. The molecular formula is C12H10BrF4NO. The third-order valence-electron chi connectivity index (χ3n) is 3.03. The van der Waals surface area contributed by atoms with Crippen LogP contribution >= 0.6 is 15.9 Å². The fourth-order valence-electron chi connectivity index (χ4n) is 1.63. The van der Waals surface area contributed by atoms with E-state index in [2.05, 4.69) is 21.2 Å². The Balaban J connectivity index is 2.26. The Kier molecular flexibility index (Phi) is 3.59. The number of carbonyl (C=O) groups is 1. The van der Waals surface area contributed by atoms with Gasteiger partial charge in [0.05, 0.1) is 16.7 Å². The lowest BCUT2D eigenvalue weighted by Crippen LogP contribution is -2.38. The second-order valence-corrected chi connectivity index (χ2v) is 5.12. The van der Waals surface area contributed by atoms with E-state index in [9.17, 15) is 22.4 Å². The van der Waals surface area contributed by atoms with E-state index in [0.717, 1.165) is 12.8 Å². The van der Waals surface area contributed by atoms with Gasteiger partial charge in [0, 0.05) is 5.33 Å². The molecule has 1 amide bonds. The largest absolute Gasteiger partial charge is 0.416 e. The van der Waals surface area contributed by atoms with Crippen molar-refractivity contribution in [2.45, 2.75) is 24.6 Å². The normalized spacial score (nSPS) is 17.1. The lowest BCUT2D eigenvalue weighted by atomic mass is 10.1. The Labute approximate surface area is 115 Å². The molecule has 2 nitrogen and oxygen atoms in total. The van der Waals surface area contributed by atoms with Crippen LogP contribution < -0.4 is 5.32 Å². The molecule has 2 rings (SSSR count). The van der Waals surface area contributed by atoms with Crippen molar-refractivity contribution in [3.63, 3.8) is 0 Å². The third kappa shape index (κ3) is 3.08. The summed E-state index contributed by atoms with van der Waals surface area (Å²) in [6, 6.07) is 1.81. The van der Waals surface area contributed by atoms with Gasteiger partial charge in [-0.1, -0.05) is 15.9 Å². The molecule has 1 saturated carbocycles. The van der Waals surface area contributed by atoms with Crippen molar-refractivity contribution >= 4 is 21.8 Å². The minimum absolute atomic E-state index is 0.447. The average molecular weight is 340 g/mol. The Bertz CT molecular complexity index is 511. The fourth-order valence-corrected chi connectivity index (χ4v) is 2.33. The summed E-state index contributed by atoms with van der Waals surface area (Å²) in [4.78, 5) is 11.8. The molecule has 1 aliphatic carbocycles. The van der Waals surface area contributed by atoms with E-state index in [0.29, 0.717) is 23.5 Å². The molecule has 0 heterocycles. The van der Waals surface area contributed by atoms with E-state index in [4.69, 9.17) is 0 Å². The van der Waals surface area contributed by atoms with Crippen LogP contribution in [0.15, 0.2) is 18.2 Å². The van der Waals surface area contributed by atoms with Gasteiger partial charge in [-0.2, -0.15) is 13.2 Å². The molecule has 0 radical (unpaired) electrons. The summed E-state index contributed by atoms with van der Waals surface area (Å²) in [6.07, 6.45) is -3.15. The van der Waals surface area contributed by atoms with Crippen molar-refractivity contribution in [2.24, 2.45) is 0 Å². The first-order valence-electron chi connectivity index (χ1n) is 5.53. The van der Waals surface area contributed by atoms with Gasteiger partial charge < -0.3 is 5.32 Å². The predicted octanol–water partition coefficient (Wildman–Crippen LogP) is 3.50. The SMILES string of the molecule is O=C(NC1(CBr)CC1)c1cc(C(F)(F)F)ccc1F. The van der Waals surface area contributed by atoms with E-state index in [1.54, 1.807) is 0 Å². The summed E-state index contributed by atoms with van der Waals surface area (Å²) < 4.78 is 51.0. The van der Waals surface area contributed by atoms with E-state index >= 15 is 0 Å². The Morgan fingerprint density at radius 2 is 2.00 bits per heavy atom. The number of benzene rings is 1. The molecule has 1 aromatic rings. The van der Waals surface area contributed by atoms with Crippen LogP contribution in [0, 0.1) is 5.82 Å². The minimum Gasteiger partial charge on any atom is -0.346 e. The zero-order valence-electron chi connectivity index (χ0n) is 9.65. The molecule has 0 saturated heterocycles. The van der Waals surface area contributed by atoms with Gasteiger partial charge in [-0.05, 0) is 31.0 Å². The number of hydrogen-bond acceptors (Lipinski definition) is 1. The maximum atomic E-state index is 13.5. The van der Waals surface area contributed by atoms with Crippen molar-refractivity contribution in [3.8, 4) is 0 Å². The van der Waals surface area contributed by atoms with Crippen molar-refractivity contribution in [3.05, 3.63) is 35.1 Å². The van der Waals surface area contributed by atoms with Crippen LogP contribution in [0.1, 0.15) is 28.8 Å². The van der Waals surface area contributed by atoms with Crippen LogP contribution in [-0.4, -0.2) is 16.8 Å². The Hall–Kier alpha value is -1.11. The molecule has 0 atom stereocenters. The molecule has 104 valence electrons. The maximum absolute atomic E-state index is 13.5. The van der Waals surface area contributed by atoms with Crippen LogP contribution in [0.3, 0.4) is 0 Å². The summed E-state index contributed by atoms with van der Waals surface area (Å²) in [5.74, 6) is -1.78. The highest BCUT2D eigenvalue weighted by molar-refractivity contribution is 9.09. The molecular weight excluding hydrogens is 330 g/mol. The zero-order chi connectivity index (χ0) is 14.3. The van der Waals surface area contributed by atoms with Gasteiger partial charge in [-0.15, -0.1) is 0 Å². The van der Waals surface area contributed by atoms with E-state index < -0.39 is 34.6 Å². The highest BCUT2D eigenvalue weighted by atomic mass is 79.9. The molecule has 0 bridgehead atoms. The second kappa shape index (κ2) is 4.77. The first kappa shape index (κ1) is 14.3. The minimum atomic E-state index is -4.60. The molecule has 1 aromatic carbocycles. The number of hydrogen-bond donors (Lipinski definition) is 1. The summed E-state index contributed by atoms with van der Waals surface area (Å²) in [6.45, 7) is 0. The van der Waals surface area contributed by atoms with Crippen LogP contribution in [0.4, 0.5) is 17.6 Å². The summed E-state index contributed by atoms with van der Waals surface area (Å²) in [5.41, 5.74) is -2.07. The first-order valence-corrected chi connectivity index (χ1v) is 6.65. The molecule has 1 N–H and O–H groups in total. The van der Waals surface area contributed by atoms with Gasteiger partial charge in [0.2, 0.25) is 0 Å². The van der Waals surface area contributed by atoms with Crippen LogP contribution in [0.5, 0.6) is 0 Å². The lowest BCUT2D eigenvalue weighted by molar-refractivity contribution is -0.137. The molecule has 1 aliphatic rings. The van der Waals surface area contributed by atoms with Crippen molar-refractivity contribution in [2.75, 3.05) is 5.33 Å². The number of halogens is 5. The monoisotopic (exact) mass is 339 g/mol. The average Bonchev–Trinajstić information content (AvgIpc) is 3.08. The fraction of sp³-hybridized carbons (Fsp3) is 0.417. The summed E-state index contributed by atoms with van der Waals surface area (Å²) >= 11 is 3.21. The van der Waals surface area contributed by atoms with Gasteiger partial charge >= 0.3 is 6.18 Å². The molecule has 0 unspecified atom stereocenters. The molecule has 0 aliphatic heterocycles. The summed E-state index contributed by atoms with van der Waals surface area (Å²) in [7, 11) is 0. The highest BCUT2D eigenvalue weighted by Gasteiger charge is 2.43. The smallest absolute Gasteiger partial charge is 0.346 e. The predicted molar refractivity (Wildman–Crippen MR) is 64.6 cm³/mol. The molecule has 0 spiro atoms. The van der Waals surface area contributed by atoms with Crippen molar-refractivity contribution in [1.82, 2.24) is 5.32 Å². The quantitative estimate of drug-likeness (QED) is 0.662. The van der Waals surface area contributed by atoms with Gasteiger partial charge in [-0.3, -0.25) is 4.79 Å². The van der Waals surface area contributed by atoms with Gasteiger partial charge in [0.15, 0.2) is 0 Å². The van der Waals surface area contributed by atoms with Crippen LogP contribution in [0.25, 0.3) is 0 Å². The standard InChI is InChI=1S/C12H10BrF4NO/c13-6-11(3-4-11)18-10(19)8-5-7(12(15,16)17)1-2-9(8)14/h1-2,5H,3-4,6H2,(H,18,19). The molecule has 0 aromatic heterocycles. The van der Waals surface area contributed by atoms with Crippen LogP contribution in [0.2, 0.25) is 0 Å². The lowest BCUT2D eigenvalue weighted by Gasteiger charge is -2.15. The Morgan fingerprint density at radius 1 is 1.37 bits per heavy atom. The topological polar surface area (TPSA) is 29.1 Å².